The Balaban J connectivity index is 1.38. The fourth-order valence-electron chi connectivity index (χ4n) is 3.78. The van der Waals surface area contributed by atoms with Crippen LogP contribution in [0.25, 0.3) is 0 Å². The third kappa shape index (κ3) is 2.30. The Morgan fingerprint density at radius 1 is 1.26 bits per heavy atom. The van der Waals surface area contributed by atoms with E-state index in [4.69, 9.17) is 4.74 Å². The number of ether oxygens (including phenoxy) is 1. The molecule has 1 N–H and O–H groups in total. The van der Waals surface area contributed by atoms with E-state index in [1.165, 1.54) is 31.7 Å². The first-order valence-corrected chi connectivity index (χ1v) is 7.95. The normalized spacial score (nSPS) is 33.2. The molecule has 19 heavy (non-hydrogen) atoms. The van der Waals surface area contributed by atoms with Crippen LogP contribution < -0.4 is 10.1 Å². The summed E-state index contributed by atoms with van der Waals surface area (Å²) in [6.07, 6.45) is 1.40. The number of nitrogens with one attached hydrogen (secondary N) is 1. The Hall–Kier alpha value is -0.580. The molecule has 0 aromatic heterocycles. The molecule has 4 heteroatoms. The van der Waals surface area contributed by atoms with Gasteiger partial charge in [-0.25, -0.2) is 0 Å². The van der Waals surface area contributed by atoms with Crippen LogP contribution in [0, 0.1) is 11.8 Å². The fraction of sp³-hybridized carbons (Fsp3) is 0.600. The van der Waals surface area contributed by atoms with Gasteiger partial charge in [0.05, 0.1) is 0 Å². The van der Waals surface area contributed by atoms with Crippen LogP contribution >= 0.6 is 15.9 Å². The van der Waals surface area contributed by atoms with E-state index in [0.717, 1.165) is 35.0 Å². The molecule has 3 aliphatic rings. The molecule has 0 saturated carbocycles. The quantitative estimate of drug-likeness (QED) is 0.900. The second-order valence-corrected chi connectivity index (χ2v) is 7.01. The van der Waals surface area contributed by atoms with Gasteiger partial charge >= 0.3 is 0 Å². The van der Waals surface area contributed by atoms with E-state index in [9.17, 15) is 0 Å². The molecule has 1 aromatic rings. The van der Waals surface area contributed by atoms with Crippen molar-refractivity contribution in [3.63, 3.8) is 0 Å². The van der Waals surface area contributed by atoms with Crippen LogP contribution in [-0.4, -0.2) is 43.7 Å². The van der Waals surface area contributed by atoms with Crippen molar-refractivity contribution in [3.05, 3.63) is 28.2 Å². The first-order chi connectivity index (χ1) is 9.28. The van der Waals surface area contributed by atoms with E-state index in [2.05, 4.69) is 44.3 Å². The van der Waals surface area contributed by atoms with E-state index in [0.29, 0.717) is 6.10 Å². The third-order valence-electron chi connectivity index (χ3n) is 4.69. The second kappa shape index (κ2) is 4.76. The van der Waals surface area contributed by atoms with Gasteiger partial charge in [0, 0.05) is 30.5 Å². The number of halogens is 1. The summed E-state index contributed by atoms with van der Waals surface area (Å²) in [5, 5.41) is 3.50. The number of likely N-dealkylation sites (tertiary alicyclic amines) is 1. The van der Waals surface area contributed by atoms with Crippen LogP contribution in [0.15, 0.2) is 22.7 Å². The van der Waals surface area contributed by atoms with Gasteiger partial charge in [0.2, 0.25) is 0 Å². The maximum Gasteiger partial charge on any atom is 0.123 e. The van der Waals surface area contributed by atoms with Gasteiger partial charge in [0.25, 0.3) is 0 Å². The zero-order valence-electron chi connectivity index (χ0n) is 10.9. The summed E-state index contributed by atoms with van der Waals surface area (Å²) in [6.45, 7) is 5.99. The second-order valence-electron chi connectivity index (χ2n) is 6.09. The molecule has 3 heterocycles. The summed E-state index contributed by atoms with van der Waals surface area (Å²) in [6, 6.07) is 6.34. The average molecular weight is 323 g/mol. The van der Waals surface area contributed by atoms with E-state index < -0.39 is 0 Å². The van der Waals surface area contributed by atoms with Gasteiger partial charge in [0.1, 0.15) is 11.9 Å². The monoisotopic (exact) mass is 322 g/mol. The number of hydrogen-bond acceptors (Lipinski definition) is 3. The predicted octanol–water partition coefficient (Wildman–Crippen LogP) is 1.90. The highest BCUT2D eigenvalue weighted by Crippen LogP contribution is 2.33. The molecule has 4 rings (SSSR count). The minimum absolute atomic E-state index is 0.344. The van der Waals surface area contributed by atoms with Crippen molar-refractivity contribution in [2.45, 2.75) is 12.5 Å². The average Bonchev–Trinajstić information content (AvgIpc) is 3.01. The molecule has 3 aliphatic heterocycles. The van der Waals surface area contributed by atoms with E-state index in [1.807, 2.05) is 0 Å². The van der Waals surface area contributed by atoms with Crippen LogP contribution in [0.1, 0.15) is 5.56 Å². The largest absolute Gasteiger partial charge is 0.488 e. The van der Waals surface area contributed by atoms with Crippen LogP contribution in [-0.2, 0) is 6.42 Å². The first kappa shape index (κ1) is 12.2. The molecule has 3 nitrogen and oxygen atoms in total. The lowest BCUT2D eigenvalue weighted by Crippen LogP contribution is -2.35. The molecule has 0 amide bonds. The summed E-state index contributed by atoms with van der Waals surface area (Å²) in [4.78, 5) is 2.60. The molecule has 2 saturated heterocycles. The number of rotatable bonds is 2. The van der Waals surface area contributed by atoms with E-state index >= 15 is 0 Å². The molecule has 102 valence electrons. The van der Waals surface area contributed by atoms with Crippen molar-refractivity contribution >= 4 is 15.9 Å². The summed E-state index contributed by atoms with van der Waals surface area (Å²) in [5.74, 6) is 2.82. The van der Waals surface area contributed by atoms with Crippen molar-refractivity contribution in [3.8, 4) is 5.75 Å². The maximum absolute atomic E-state index is 6.07. The van der Waals surface area contributed by atoms with Crippen LogP contribution in [0.2, 0.25) is 0 Å². The molecular weight excluding hydrogens is 304 g/mol. The number of nitrogens with zero attached hydrogens (tertiary/aromatic N) is 1. The lowest BCUT2D eigenvalue weighted by molar-refractivity contribution is 0.162. The lowest BCUT2D eigenvalue weighted by atomic mass is 10.0. The van der Waals surface area contributed by atoms with Gasteiger partial charge in [0.15, 0.2) is 0 Å². The Kier molecular flexibility index (Phi) is 3.05. The maximum atomic E-state index is 6.07. The van der Waals surface area contributed by atoms with Crippen molar-refractivity contribution in [1.29, 1.82) is 0 Å². The van der Waals surface area contributed by atoms with Crippen LogP contribution in [0.5, 0.6) is 5.75 Å². The Labute approximate surface area is 122 Å². The van der Waals surface area contributed by atoms with Gasteiger partial charge in [-0.3, -0.25) is 4.90 Å². The number of fused-ring (bicyclic) bond motifs is 2. The summed E-state index contributed by atoms with van der Waals surface area (Å²) < 4.78 is 7.22. The highest BCUT2D eigenvalue weighted by atomic mass is 79.9. The van der Waals surface area contributed by atoms with Crippen LogP contribution in [0.3, 0.4) is 0 Å². The van der Waals surface area contributed by atoms with E-state index in [1.54, 1.807) is 0 Å². The summed E-state index contributed by atoms with van der Waals surface area (Å²) >= 11 is 3.53. The highest BCUT2D eigenvalue weighted by molar-refractivity contribution is 9.10. The third-order valence-corrected chi connectivity index (χ3v) is 5.18. The molecular formula is C15H19BrN2O. The molecule has 0 radical (unpaired) electrons. The minimum Gasteiger partial charge on any atom is -0.488 e. The molecule has 2 fully saturated rings. The highest BCUT2D eigenvalue weighted by Gasteiger charge is 2.37. The van der Waals surface area contributed by atoms with Gasteiger partial charge in [-0.05, 0) is 48.7 Å². The van der Waals surface area contributed by atoms with Crippen molar-refractivity contribution < 1.29 is 4.74 Å². The topological polar surface area (TPSA) is 24.5 Å². The molecule has 0 bridgehead atoms. The number of benzene rings is 1. The molecule has 3 atom stereocenters. The van der Waals surface area contributed by atoms with Gasteiger partial charge in [-0.15, -0.1) is 0 Å². The molecule has 0 aliphatic carbocycles. The minimum atomic E-state index is 0.344. The Morgan fingerprint density at radius 3 is 2.84 bits per heavy atom. The van der Waals surface area contributed by atoms with Gasteiger partial charge in [-0.1, -0.05) is 15.9 Å². The smallest absolute Gasteiger partial charge is 0.123 e. The first-order valence-electron chi connectivity index (χ1n) is 7.16. The zero-order chi connectivity index (χ0) is 12.8. The lowest BCUT2D eigenvalue weighted by Gasteiger charge is -2.21. The Bertz CT molecular complexity index is 481. The standard InChI is InChI=1S/C15H19BrN2O/c16-13-1-2-15-10(3-13)4-14(19-15)9-18-7-11-5-17-6-12(11)8-18/h1-3,11-12,14,17H,4-9H2/t11-,12+,14?. The number of hydrogen-bond donors (Lipinski definition) is 1. The zero-order valence-corrected chi connectivity index (χ0v) is 12.5. The van der Waals surface area contributed by atoms with E-state index in [-0.39, 0.29) is 0 Å². The Morgan fingerprint density at radius 2 is 2.05 bits per heavy atom. The van der Waals surface area contributed by atoms with Gasteiger partial charge in [-0.2, -0.15) is 0 Å². The van der Waals surface area contributed by atoms with Crippen molar-refractivity contribution in [1.82, 2.24) is 10.2 Å². The van der Waals surface area contributed by atoms with Gasteiger partial charge < -0.3 is 10.1 Å². The van der Waals surface area contributed by atoms with Crippen molar-refractivity contribution in [2.24, 2.45) is 11.8 Å². The summed E-state index contributed by atoms with van der Waals surface area (Å²) in [5.41, 5.74) is 1.35. The predicted molar refractivity (Wildman–Crippen MR) is 78.6 cm³/mol. The molecule has 0 spiro atoms. The molecule has 1 unspecified atom stereocenters. The molecule has 1 aromatic carbocycles. The fourth-order valence-corrected chi connectivity index (χ4v) is 4.19. The summed E-state index contributed by atoms with van der Waals surface area (Å²) in [7, 11) is 0. The van der Waals surface area contributed by atoms with Crippen molar-refractivity contribution in [2.75, 3.05) is 32.7 Å². The van der Waals surface area contributed by atoms with Crippen LogP contribution in [0.4, 0.5) is 0 Å². The SMILES string of the molecule is Brc1ccc2c(c1)CC(CN1C[C@H]3CNC[C@H]3C1)O2.